The monoisotopic (exact) mass is 381 g/mol. The summed E-state index contributed by atoms with van der Waals surface area (Å²) in [6, 6.07) is 11.3. The molecule has 2 atom stereocenters. The van der Waals surface area contributed by atoms with Crippen LogP contribution in [0.25, 0.3) is 0 Å². The standard InChI is InChI=1S/C21H19NO6/c1-13(24)19(18(25)12-23)22-20(26)16-9-7-14(8-10-16)5-6-15-3-2-4-17(11-15)21(27)28/h2-4,7-11,13,19,23-24H,12H2,1H3,(H,22,26)(H,27,28)/t13-,19+/m1/s1. The number of benzene rings is 2. The third kappa shape index (κ3) is 5.51. The third-order valence-electron chi connectivity index (χ3n) is 3.88. The topological polar surface area (TPSA) is 124 Å². The number of aliphatic hydroxyl groups is 2. The van der Waals surface area contributed by atoms with Crippen LogP contribution in [-0.2, 0) is 4.79 Å². The molecule has 1 amide bonds. The quantitative estimate of drug-likeness (QED) is 0.550. The number of rotatable bonds is 6. The fourth-order valence-corrected chi connectivity index (χ4v) is 2.37. The Kier molecular flexibility index (Phi) is 7.04. The van der Waals surface area contributed by atoms with Crippen LogP contribution in [0.3, 0.4) is 0 Å². The number of carboxylic acids is 1. The molecule has 7 nitrogen and oxygen atoms in total. The number of carbonyl (C=O) groups is 3. The van der Waals surface area contributed by atoms with Gasteiger partial charge < -0.3 is 20.6 Å². The molecule has 144 valence electrons. The number of aromatic carboxylic acids is 1. The first-order valence-corrected chi connectivity index (χ1v) is 8.39. The molecule has 2 aromatic carbocycles. The largest absolute Gasteiger partial charge is 0.478 e. The summed E-state index contributed by atoms with van der Waals surface area (Å²) >= 11 is 0. The van der Waals surface area contributed by atoms with Crippen molar-refractivity contribution in [2.24, 2.45) is 0 Å². The van der Waals surface area contributed by atoms with Crippen molar-refractivity contribution in [1.82, 2.24) is 5.32 Å². The lowest BCUT2D eigenvalue weighted by Gasteiger charge is -2.19. The summed E-state index contributed by atoms with van der Waals surface area (Å²) in [5.41, 5.74) is 1.55. The highest BCUT2D eigenvalue weighted by molar-refractivity contribution is 5.98. The van der Waals surface area contributed by atoms with Crippen LogP contribution in [0.5, 0.6) is 0 Å². The van der Waals surface area contributed by atoms with Crippen LogP contribution in [0, 0.1) is 11.8 Å². The number of carbonyl (C=O) groups excluding carboxylic acids is 2. The zero-order valence-electron chi connectivity index (χ0n) is 15.0. The average Bonchev–Trinajstić information content (AvgIpc) is 2.70. The summed E-state index contributed by atoms with van der Waals surface area (Å²) in [6.07, 6.45) is -1.14. The number of hydrogen-bond acceptors (Lipinski definition) is 5. The lowest BCUT2D eigenvalue weighted by molar-refractivity contribution is -0.125. The summed E-state index contributed by atoms with van der Waals surface area (Å²) < 4.78 is 0. The van der Waals surface area contributed by atoms with Gasteiger partial charge in [-0.05, 0) is 49.4 Å². The van der Waals surface area contributed by atoms with Crippen molar-refractivity contribution in [3.63, 3.8) is 0 Å². The van der Waals surface area contributed by atoms with Crippen molar-refractivity contribution < 1.29 is 29.7 Å². The fourth-order valence-electron chi connectivity index (χ4n) is 2.37. The molecule has 0 aromatic heterocycles. The van der Waals surface area contributed by atoms with E-state index in [4.69, 9.17) is 10.2 Å². The number of ketones is 1. The summed E-state index contributed by atoms with van der Waals surface area (Å²) in [4.78, 5) is 34.8. The molecular formula is C21H19NO6. The van der Waals surface area contributed by atoms with Crippen LogP contribution in [0.1, 0.15) is 38.8 Å². The van der Waals surface area contributed by atoms with Crippen molar-refractivity contribution in [1.29, 1.82) is 0 Å². The lowest BCUT2D eigenvalue weighted by Crippen LogP contribution is -2.48. The Morgan fingerprint density at radius 3 is 2.21 bits per heavy atom. The van der Waals surface area contributed by atoms with Gasteiger partial charge in [-0.25, -0.2) is 4.79 Å². The summed E-state index contributed by atoms with van der Waals surface area (Å²) in [5.74, 6) is 3.45. The zero-order chi connectivity index (χ0) is 20.7. The molecule has 0 spiro atoms. The van der Waals surface area contributed by atoms with E-state index in [2.05, 4.69) is 17.2 Å². The highest BCUT2D eigenvalue weighted by Gasteiger charge is 2.25. The van der Waals surface area contributed by atoms with E-state index in [0.29, 0.717) is 11.1 Å². The smallest absolute Gasteiger partial charge is 0.335 e. The summed E-state index contributed by atoms with van der Waals surface area (Å²) in [5, 5.41) is 29.9. The molecule has 2 rings (SSSR count). The first-order valence-electron chi connectivity index (χ1n) is 8.39. The Morgan fingerprint density at radius 1 is 1.00 bits per heavy atom. The van der Waals surface area contributed by atoms with Gasteiger partial charge in [0.2, 0.25) is 0 Å². The van der Waals surface area contributed by atoms with Crippen LogP contribution in [0.4, 0.5) is 0 Å². The molecule has 0 aliphatic carbocycles. The fraction of sp³-hybridized carbons (Fsp3) is 0.190. The SMILES string of the molecule is C[C@@H](O)[C@H](NC(=O)c1ccc(C#Cc2cccc(C(=O)O)c2)cc1)C(=O)CO. The molecule has 0 aliphatic heterocycles. The maximum absolute atomic E-state index is 12.2. The highest BCUT2D eigenvalue weighted by atomic mass is 16.4. The number of nitrogens with one attached hydrogen (secondary N) is 1. The predicted molar refractivity (Wildman–Crippen MR) is 101 cm³/mol. The van der Waals surface area contributed by atoms with Crippen molar-refractivity contribution >= 4 is 17.7 Å². The lowest BCUT2D eigenvalue weighted by atomic mass is 10.1. The van der Waals surface area contributed by atoms with E-state index < -0.39 is 36.4 Å². The van der Waals surface area contributed by atoms with Gasteiger partial charge in [-0.15, -0.1) is 0 Å². The minimum absolute atomic E-state index is 0.143. The molecule has 0 unspecified atom stereocenters. The van der Waals surface area contributed by atoms with E-state index in [9.17, 15) is 19.5 Å². The second-order valence-electron chi connectivity index (χ2n) is 6.03. The molecule has 0 saturated carbocycles. The predicted octanol–water partition coefficient (Wildman–Crippen LogP) is 0.825. The molecule has 0 radical (unpaired) electrons. The van der Waals surface area contributed by atoms with Gasteiger partial charge >= 0.3 is 5.97 Å². The van der Waals surface area contributed by atoms with E-state index >= 15 is 0 Å². The van der Waals surface area contributed by atoms with E-state index in [1.54, 1.807) is 24.3 Å². The molecule has 0 heterocycles. The van der Waals surface area contributed by atoms with Crippen molar-refractivity contribution in [3.8, 4) is 11.8 Å². The number of hydrogen-bond donors (Lipinski definition) is 4. The second kappa shape index (κ2) is 9.46. The van der Waals surface area contributed by atoms with Crippen LogP contribution in [0.15, 0.2) is 48.5 Å². The number of aliphatic hydroxyl groups excluding tert-OH is 2. The maximum Gasteiger partial charge on any atom is 0.335 e. The first-order chi connectivity index (χ1) is 13.3. The molecule has 2 aromatic rings. The van der Waals surface area contributed by atoms with Gasteiger partial charge in [-0.1, -0.05) is 17.9 Å². The number of carboxylic acid groups (broad SMARTS) is 1. The van der Waals surface area contributed by atoms with E-state index in [0.717, 1.165) is 0 Å². The Hall–Kier alpha value is -3.47. The van der Waals surface area contributed by atoms with Crippen LogP contribution in [-0.4, -0.2) is 51.7 Å². The molecule has 7 heteroatoms. The van der Waals surface area contributed by atoms with Gasteiger partial charge in [0.25, 0.3) is 5.91 Å². The molecular weight excluding hydrogens is 362 g/mol. The third-order valence-corrected chi connectivity index (χ3v) is 3.88. The van der Waals surface area contributed by atoms with E-state index in [1.807, 2.05) is 0 Å². The molecule has 0 saturated heterocycles. The maximum atomic E-state index is 12.2. The van der Waals surface area contributed by atoms with Gasteiger partial charge in [-0.3, -0.25) is 9.59 Å². The minimum Gasteiger partial charge on any atom is -0.478 e. The average molecular weight is 381 g/mol. The van der Waals surface area contributed by atoms with Gasteiger partial charge in [0.15, 0.2) is 5.78 Å². The van der Waals surface area contributed by atoms with Gasteiger partial charge in [0, 0.05) is 16.7 Å². The highest BCUT2D eigenvalue weighted by Crippen LogP contribution is 2.07. The van der Waals surface area contributed by atoms with Crippen molar-refractivity contribution in [2.75, 3.05) is 6.61 Å². The minimum atomic E-state index is -1.20. The molecule has 28 heavy (non-hydrogen) atoms. The summed E-state index contributed by atoms with van der Waals surface area (Å²) in [7, 11) is 0. The van der Waals surface area contributed by atoms with Crippen LogP contribution >= 0.6 is 0 Å². The second-order valence-corrected chi connectivity index (χ2v) is 6.03. The first kappa shape index (κ1) is 20.8. The van der Waals surface area contributed by atoms with Gasteiger partial charge in [0.05, 0.1) is 11.7 Å². The molecule has 4 N–H and O–H groups in total. The van der Waals surface area contributed by atoms with E-state index in [-0.39, 0.29) is 11.1 Å². The number of Topliss-reactive ketones (excluding diaryl/α,β-unsaturated/α-hetero) is 1. The Labute approximate surface area is 161 Å². The molecule has 0 aliphatic rings. The normalized spacial score (nSPS) is 12.2. The summed E-state index contributed by atoms with van der Waals surface area (Å²) in [6.45, 7) is 0.560. The molecule has 0 fully saturated rings. The van der Waals surface area contributed by atoms with Gasteiger partial charge in [0.1, 0.15) is 12.6 Å². The van der Waals surface area contributed by atoms with Crippen molar-refractivity contribution in [3.05, 3.63) is 70.8 Å². The number of amides is 1. The van der Waals surface area contributed by atoms with Crippen LogP contribution < -0.4 is 5.32 Å². The molecule has 0 bridgehead atoms. The van der Waals surface area contributed by atoms with Crippen LogP contribution in [0.2, 0.25) is 0 Å². The van der Waals surface area contributed by atoms with E-state index in [1.165, 1.54) is 31.2 Å². The van der Waals surface area contributed by atoms with Crippen molar-refractivity contribution in [2.45, 2.75) is 19.1 Å². The Balaban J connectivity index is 2.11. The van der Waals surface area contributed by atoms with Gasteiger partial charge in [-0.2, -0.15) is 0 Å². The Bertz CT molecular complexity index is 937. The zero-order valence-corrected chi connectivity index (χ0v) is 15.0. The Morgan fingerprint density at radius 2 is 1.64 bits per heavy atom.